The molecule has 2 heterocycles. The number of ether oxygens (including phenoxy) is 1. The molecule has 6 nitrogen and oxygen atoms in total. The number of hydrogen-bond donors (Lipinski definition) is 1. The van der Waals surface area contributed by atoms with Crippen molar-refractivity contribution < 1.29 is 19.4 Å². The van der Waals surface area contributed by atoms with Gasteiger partial charge in [0.1, 0.15) is 24.2 Å². The molecule has 1 aliphatic rings. The second-order valence-electron chi connectivity index (χ2n) is 9.47. The number of hydrogen-bond acceptors (Lipinski definition) is 5. The molecule has 4 aromatic rings. The zero-order chi connectivity index (χ0) is 26.8. The summed E-state index contributed by atoms with van der Waals surface area (Å²) in [7, 11) is 0. The highest BCUT2D eigenvalue weighted by atomic mass is 16.5. The molecule has 190 valence electrons. The summed E-state index contributed by atoms with van der Waals surface area (Å²) in [6.07, 6.45) is 1.61. The van der Waals surface area contributed by atoms with Crippen LogP contribution in [0.3, 0.4) is 0 Å². The van der Waals surface area contributed by atoms with Gasteiger partial charge in [-0.15, -0.1) is 0 Å². The van der Waals surface area contributed by atoms with E-state index in [2.05, 4.69) is 4.98 Å². The molecule has 1 saturated heterocycles. The molecule has 0 aliphatic carbocycles. The fourth-order valence-electron chi connectivity index (χ4n) is 4.82. The fraction of sp³-hybridized carbons (Fsp3) is 0.156. The smallest absolute Gasteiger partial charge is 0.300 e. The van der Waals surface area contributed by atoms with Gasteiger partial charge < -0.3 is 9.84 Å². The number of nitrogens with zero attached hydrogens (tertiary/aromatic N) is 2. The molecule has 1 aliphatic heterocycles. The van der Waals surface area contributed by atoms with Crippen LogP contribution in [0.5, 0.6) is 5.75 Å². The van der Waals surface area contributed by atoms with E-state index >= 15 is 0 Å². The van der Waals surface area contributed by atoms with Gasteiger partial charge in [-0.05, 0) is 73.9 Å². The van der Waals surface area contributed by atoms with Crippen LogP contribution < -0.4 is 9.64 Å². The fourth-order valence-corrected chi connectivity index (χ4v) is 4.82. The Morgan fingerprint density at radius 3 is 2.34 bits per heavy atom. The van der Waals surface area contributed by atoms with E-state index in [1.807, 2.05) is 69.3 Å². The van der Waals surface area contributed by atoms with Crippen LogP contribution in [0, 0.1) is 20.8 Å². The minimum Gasteiger partial charge on any atom is -0.507 e. The highest BCUT2D eigenvalue weighted by Crippen LogP contribution is 2.42. The third-order valence-electron chi connectivity index (χ3n) is 6.71. The number of carbonyl (C=O) groups excluding carboxylic acids is 2. The monoisotopic (exact) mass is 504 g/mol. The Balaban J connectivity index is 1.56. The molecule has 0 spiro atoms. The Morgan fingerprint density at radius 1 is 0.895 bits per heavy atom. The van der Waals surface area contributed by atoms with E-state index in [0.29, 0.717) is 29.3 Å². The van der Waals surface area contributed by atoms with Gasteiger partial charge in [0.05, 0.1) is 11.3 Å². The number of aliphatic hydroxyl groups excluding tert-OH is 1. The Hall–Kier alpha value is -4.71. The van der Waals surface area contributed by atoms with Crippen LogP contribution in [0.1, 0.15) is 39.6 Å². The van der Waals surface area contributed by atoms with Gasteiger partial charge in [-0.25, -0.2) is 0 Å². The second kappa shape index (κ2) is 10.3. The summed E-state index contributed by atoms with van der Waals surface area (Å²) in [5.74, 6) is -1.03. The lowest BCUT2D eigenvalue weighted by atomic mass is 9.97. The summed E-state index contributed by atoms with van der Waals surface area (Å²) in [5.41, 5.74) is 5.26. The normalized spacial score (nSPS) is 16.6. The Bertz CT molecular complexity index is 1540. The maximum Gasteiger partial charge on any atom is 0.300 e. The number of carbonyl (C=O) groups is 2. The van der Waals surface area contributed by atoms with Gasteiger partial charge in [-0.1, -0.05) is 54.1 Å². The highest BCUT2D eigenvalue weighted by Gasteiger charge is 2.48. The third-order valence-corrected chi connectivity index (χ3v) is 6.71. The van der Waals surface area contributed by atoms with E-state index in [9.17, 15) is 14.7 Å². The number of benzene rings is 3. The molecule has 1 N–H and O–H groups in total. The number of aryl methyl sites for hydroxylation is 3. The first kappa shape index (κ1) is 25.0. The average Bonchev–Trinajstić information content (AvgIpc) is 3.18. The Kier molecular flexibility index (Phi) is 6.79. The number of rotatable bonds is 6. The maximum absolute atomic E-state index is 13.4. The number of Topliss-reactive ketones (excluding diaryl/α,β-unsaturated/α-hetero) is 1. The van der Waals surface area contributed by atoms with Crippen molar-refractivity contribution in [3.05, 3.63) is 130 Å². The van der Waals surface area contributed by atoms with Crippen LogP contribution in [0.15, 0.2) is 96.7 Å². The van der Waals surface area contributed by atoms with Crippen molar-refractivity contribution in [2.75, 3.05) is 4.90 Å². The van der Waals surface area contributed by atoms with Crippen molar-refractivity contribution in [3.63, 3.8) is 0 Å². The van der Waals surface area contributed by atoms with Crippen LogP contribution in [0.2, 0.25) is 0 Å². The number of pyridine rings is 1. The summed E-state index contributed by atoms with van der Waals surface area (Å²) in [6.45, 7) is 6.15. The number of aliphatic hydroxyl groups is 1. The van der Waals surface area contributed by atoms with E-state index in [1.54, 1.807) is 42.6 Å². The quantitative estimate of drug-likeness (QED) is 0.192. The van der Waals surface area contributed by atoms with E-state index < -0.39 is 17.7 Å². The summed E-state index contributed by atoms with van der Waals surface area (Å²) < 4.78 is 5.97. The molecule has 3 aromatic carbocycles. The van der Waals surface area contributed by atoms with E-state index in [0.717, 1.165) is 22.3 Å². The molecule has 38 heavy (non-hydrogen) atoms. The van der Waals surface area contributed by atoms with Crippen molar-refractivity contribution in [2.24, 2.45) is 0 Å². The second-order valence-corrected chi connectivity index (χ2v) is 9.47. The first-order valence-corrected chi connectivity index (χ1v) is 12.4. The summed E-state index contributed by atoms with van der Waals surface area (Å²) in [6, 6.07) is 25.2. The molecular formula is C32H28N2O4. The minimum atomic E-state index is -0.869. The van der Waals surface area contributed by atoms with Crippen LogP contribution in [0.25, 0.3) is 5.76 Å². The molecule has 1 unspecified atom stereocenters. The lowest BCUT2D eigenvalue weighted by Gasteiger charge is -2.26. The largest absolute Gasteiger partial charge is 0.507 e. The molecule has 1 fully saturated rings. The molecule has 5 rings (SSSR count). The van der Waals surface area contributed by atoms with Crippen LogP contribution in [-0.4, -0.2) is 21.8 Å². The molecular weight excluding hydrogens is 476 g/mol. The van der Waals surface area contributed by atoms with Crippen molar-refractivity contribution >= 4 is 23.1 Å². The predicted molar refractivity (Wildman–Crippen MR) is 147 cm³/mol. The van der Waals surface area contributed by atoms with Crippen LogP contribution in [-0.2, 0) is 16.2 Å². The van der Waals surface area contributed by atoms with Gasteiger partial charge in [0.25, 0.3) is 11.7 Å². The lowest BCUT2D eigenvalue weighted by molar-refractivity contribution is -0.132. The summed E-state index contributed by atoms with van der Waals surface area (Å²) in [4.78, 5) is 32.7. The van der Waals surface area contributed by atoms with Gasteiger partial charge in [-0.3, -0.25) is 19.5 Å². The zero-order valence-corrected chi connectivity index (χ0v) is 21.5. The van der Waals surface area contributed by atoms with Crippen LogP contribution >= 0.6 is 0 Å². The minimum absolute atomic E-state index is 0.00558. The SMILES string of the molecule is Cc1ccc(N2C(=O)C(=O)/C(=C(/O)c3ccc(OCc4ccccc4)c(C)c3)C2c2ccccn2)c(C)c1. The van der Waals surface area contributed by atoms with Crippen molar-refractivity contribution in [3.8, 4) is 5.75 Å². The van der Waals surface area contributed by atoms with Crippen molar-refractivity contribution in [1.82, 2.24) is 4.98 Å². The number of amides is 1. The van der Waals surface area contributed by atoms with Crippen molar-refractivity contribution in [1.29, 1.82) is 0 Å². The first-order valence-electron chi connectivity index (χ1n) is 12.4. The number of ketones is 1. The van der Waals surface area contributed by atoms with Crippen LogP contribution in [0.4, 0.5) is 5.69 Å². The topological polar surface area (TPSA) is 79.7 Å². The van der Waals surface area contributed by atoms with Gasteiger partial charge in [0.2, 0.25) is 0 Å². The molecule has 0 radical (unpaired) electrons. The summed E-state index contributed by atoms with van der Waals surface area (Å²) in [5, 5.41) is 11.5. The standard InChI is InChI=1S/C32H28N2O4/c1-20-12-14-26(21(2)17-20)34-29(25-11-7-8-16-33-25)28(31(36)32(34)37)30(35)24-13-15-27(22(3)18-24)38-19-23-9-5-4-6-10-23/h4-18,29,35H,19H2,1-3H3/b30-28+. The first-order chi connectivity index (χ1) is 18.3. The number of aromatic nitrogens is 1. The zero-order valence-electron chi connectivity index (χ0n) is 21.5. The van der Waals surface area contributed by atoms with E-state index in [1.165, 1.54) is 4.90 Å². The van der Waals surface area contributed by atoms with Gasteiger partial charge in [0, 0.05) is 17.4 Å². The highest BCUT2D eigenvalue weighted by molar-refractivity contribution is 6.51. The summed E-state index contributed by atoms with van der Waals surface area (Å²) >= 11 is 0. The molecule has 1 atom stereocenters. The van der Waals surface area contributed by atoms with Crippen molar-refractivity contribution in [2.45, 2.75) is 33.4 Å². The molecule has 0 bridgehead atoms. The predicted octanol–water partition coefficient (Wildman–Crippen LogP) is 6.21. The average molecular weight is 505 g/mol. The van der Waals surface area contributed by atoms with Gasteiger partial charge in [-0.2, -0.15) is 0 Å². The van der Waals surface area contributed by atoms with E-state index in [-0.39, 0.29) is 11.3 Å². The third kappa shape index (κ3) is 4.68. The molecule has 0 saturated carbocycles. The molecule has 6 heteroatoms. The molecule has 1 amide bonds. The van der Waals surface area contributed by atoms with Gasteiger partial charge >= 0.3 is 0 Å². The maximum atomic E-state index is 13.4. The Morgan fingerprint density at radius 2 is 1.66 bits per heavy atom. The number of anilines is 1. The molecule has 1 aromatic heterocycles. The lowest BCUT2D eigenvalue weighted by Crippen LogP contribution is -2.30. The van der Waals surface area contributed by atoms with Gasteiger partial charge in [0.15, 0.2) is 0 Å². The van der Waals surface area contributed by atoms with E-state index in [4.69, 9.17) is 4.74 Å². The Labute approximate surface area is 221 Å².